The van der Waals surface area contributed by atoms with Crippen molar-refractivity contribution in [1.29, 1.82) is 0 Å². The summed E-state index contributed by atoms with van der Waals surface area (Å²) in [5.74, 6) is -0.0947. The number of aromatic nitrogens is 2. The zero-order chi connectivity index (χ0) is 50.6. The Morgan fingerprint density at radius 2 is 1.54 bits per heavy atom. The lowest BCUT2D eigenvalue weighted by Crippen LogP contribution is -2.78. The minimum Gasteiger partial charge on any atom is -0.507 e. The molecule has 7 aliphatic rings. The van der Waals surface area contributed by atoms with Gasteiger partial charge in [0.25, 0.3) is 0 Å². The molecule has 0 radical (unpaired) electrons. The average Bonchev–Trinajstić information content (AvgIpc) is 4.26. The number of fused-ring (bicyclic) bond motifs is 5. The smallest absolute Gasteiger partial charge is 0.169 e. The van der Waals surface area contributed by atoms with Crippen molar-refractivity contribution >= 4 is 22.9 Å². The van der Waals surface area contributed by atoms with Crippen molar-refractivity contribution in [2.75, 3.05) is 0 Å². The molecule has 6 fully saturated rings. The molecule has 74 heavy (non-hydrogen) atoms. The molecule has 10 N–H and O–H groups in total. The van der Waals surface area contributed by atoms with Gasteiger partial charge in [0.1, 0.15) is 12.0 Å². The average molecular weight is 995 g/mol. The third-order valence-electron chi connectivity index (χ3n) is 20.8. The van der Waals surface area contributed by atoms with Gasteiger partial charge < -0.3 is 46.0 Å². The summed E-state index contributed by atoms with van der Waals surface area (Å²) in [6.07, 6.45) is 25.6. The highest BCUT2D eigenvalue weighted by Gasteiger charge is 2.78. The van der Waals surface area contributed by atoms with E-state index in [4.69, 9.17) is 4.98 Å². The third-order valence-corrected chi connectivity index (χ3v) is 20.8. The molecule has 13 atom stereocenters. The zero-order valence-electron chi connectivity index (χ0n) is 42.0. The molecule has 384 valence electrons. The molecular formula is C63H70N4O7. The summed E-state index contributed by atoms with van der Waals surface area (Å²) in [6.45, 7) is 0. The van der Waals surface area contributed by atoms with E-state index in [9.17, 15) is 35.7 Å². The summed E-state index contributed by atoms with van der Waals surface area (Å²) in [7, 11) is 0. The number of allylic oxidation sites excluding steroid dienone is 1. The number of nitrogens with zero attached hydrogens (tertiary/aromatic N) is 1. The van der Waals surface area contributed by atoms with Crippen molar-refractivity contribution < 1.29 is 35.7 Å². The predicted molar refractivity (Wildman–Crippen MR) is 286 cm³/mol. The maximum atomic E-state index is 12.9. The number of hydrogen-bond donors (Lipinski definition) is 10. The number of H-pyrrole nitrogens is 1. The molecule has 11 heteroatoms. The Bertz CT molecular complexity index is 3140. The number of phenols is 5. The van der Waals surface area contributed by atoms with Crippen LogP contribution in [0.4, 0.5) is 0 Å². The molecule has 0 amide bonds. The third kappa shape index (κ3) is 7.23. The van der Waals surface area contributed by atoms with Gasteiger partial charge in [-0.1, -0.05) is 110 Å². The summed E-state index contributed by atoms with van der Waals surface area (Å²) in [5, 5.41) is 88.1. The zero-order valence-corrected chi connectivity index (χ0v) is 42.0. The molecule has 2 aliphatic heterocycles. The van der Waals surface area contributed by atoms with Crippen molar-refractivity contribution in [2.24, 2.45) is 39.9 Å². The number of nitrogens with one attached hydrogen (secondary N) is 3. The van der Waals surface area contributed by atoms with E-state index in [-0.39, 0.29) is 80.3 Å². The van der Waals surface area contributed by atoms with Crippen LogP contribution in [0.5, 0.6) is 28.7 Å². The van der Waals surface area contributed by atoms with Gasteiger partial charge in [-0.2, -0.15) is 0 Å². The SMILES string of the molecule is Oc1ccc(C=Cc2c(CCc3ccc(C4CC5(CC(O)NC(Cc6ccccc6)C5)C5CC6CCCC67CCC68CCCC6C=CC(O)C8C7(c6cnc[nH]6)C5N4)cc3)c(O)c(O)c3c(O)cccc23)cc1O. The fourth-order valence-corrected chi connectivity index (χ4v) is 18.1. The number of hydrogen-bond acceptors (Lipinski definition) is 10. The minimum absolute atomic E-state index is 0.00277. The Balaban J connectivity index is 0.896. The number of aliphatic hydroxyl groups is 2. The summed E-state index contributed by atoms with van der Waals surface area (Å²) in [6, 6.07) is 29.2. The molecule has 1 aromatic heterocycles. The first-order valence-electron chi connectivity index (χ1n) is 27.5. The lowest BCUT2D eigenvalue weighted by molar-refractivity contribution is -0.220. The van der Waals surface area contributed by atoms with Crippen LogP contribution in [0.15, 0.2) is 116 Å². The summed E-state index contributed by atoms with van der Waals surface area (Å²) >= 11 is 0. The van der Waals surface area contributed by atoms with Crippen LogP contribution in [0.3, 0.4) is 0 Å². The van der Waals surface area contributed by atoms with Crippen molar-refractivity contribution in [2.45, 2.75) is 132 Å². The van der Waals surface area contributed by atoms with E-state index < -0.39 is 17.7 Å². The van der Waals surface area contributed by atoms with Crippen LogP contribution in [0.25, 0.3) is 22.9 Å². The predicted octanol–water partition coefficient (Wildman–Crippen LogP) is 10.6. The van der Waals surface area contributed by atoms with Crippen LogP contribution in [0.1, 0.15) is 122 Å². The minimum atomic E-state index is -0.652. The number of rotatable bonds is 9. The topological polar surface area (TPSA) is 194 Å². The highest BCUT2D eigenvalue weighted by molar-refractivity contribution is 6.03. The quantitative estimate of drug-likeness (QED) is 0.0378. The van der Waals surface area contributed by atoms with Crippen molar-refractivity contribution in [1.82, 2.24) is 20.6 Å². The van der Waals surface area contributed by atoms with Crippen LogP contribution in [0.2, 0.25) is 0 Å². The largest absolute Gasteiger partial charge is 0.507 e. The molecule has 11 nitrogen and oxygen atoms in total. The Hall–Kier alpha value is -6.11. The summed E-state index contributed by atoms with van der Waals surface area (Å²) < 4.78 is 0. The van der Waals surface area contributed by atoms with E-state index in [0.29, 0.717) is 53.2 Å². The van der Waals surface area contributed by atoms with Crippen LogP contribution in [0, 0.1) is 39.9 Å². The van der Waals surface area contributed by atoms with Gasteiger partial charge in [0.15, 0.2) is 23.0 Å². The van der Waals surface area contributed by atoms with E-state index in [2.05, 4.69) is 88.6 Å². The maximum absolute atomic E-state index is 12.9. The van der Waals surface area contributed by atoms with E-state index in [1.807, 2.05) is 18.5 Å². The first kappa shape index (κ1) is 47.6. The number of aromatic hydroxyl groups is 5. The van der Waals surface area contributed by atoms with Gasteiger partial charge in [-0.25, -0.2) is 4.98 Å². The van der Waals surface area contributed by atoms with Gasteiger partial charge in [0, 0.05) is 46.9 Å². The molecule has 3 spiro atoms. The Morgan fingerprint density at radius 1 is 0.703 bits per heavy atom. The number of aliphatic hydroxyl groups excluding tert-OH is 2. The van der Waals surface area contributed by atoms with Crippen molar-refractivity contribution in [3.05, 3.63) is 155 Å². The monoisotopic (exact) mass is 995 g/mol. The Labute approximate surface area is 433 Å². The molecule has 4 saturated carbocycles. The second-order valence-electron chi connectivity index (χ2n) is 23.9. The number of piperidine rings is 2. The van der Waals surface area contributed by atoms with Gasteiger partial charge in [-0.15, -0.1) is 0 Å². The van der Waals surface area contributed by atoms with E-state index in [0.717, 1.165) is 56.9 Å². The standard InChI is InChI=1S/C63H70N4O7/c68-49-23-17-39(30-52(49)71)16-21-44-45-11-4-12-50(69)55(45)57(74)56(73)46(44)22-15-37-13-18-40(19-14-37)48-33-60(32-43(66-54(72)34-60)29-38-7-2-1-3-8-38)47-31-42-10-6-26-62(42)28-27-61-25-5-9-41(61)20-24-51(70)58(61)63(62,59(47)67-48)53-35-64-36-65-53/h1-4,7-8,11-14,16-21,23-24,30,35-36,41-43,47-48,51,54,58-59,66-74H,5-6,9-10,15,22,25-29,31-34H2,(H,64,65). The number of phenolic OH excluding ortho intramolecular Hbond substituents is 5. The molecule has 2 saturated heterocycles. The molecule has 13 unspecified atom stereocenters. The van der Waals surface area contributed by atoms with Crippen molar-refractivity contribution in [3.63, 3.8) is 0 Å². The first-order valence-corrected chi connectivity index (χ1v) is 27.5. The van der Waals surface area contributed by atoms with Crippen LogP contribution in [-0.2, 0) is 24.7 Å². The van der Waals surface area contributed by atoms with E-state index in [1.54, 1.807) is 18.2 Å². The molecule has 5 aromatic carbocycles. The fraction of sp³-hybridized carbons (Fsp3) is 0.444. The Kier molecular flexibility index (Phi) is 11.6. The molecule has 5 aliphatic carbocycles. The maximum Gasteiger partial charge on any atom is 0.169 e. The molecule has 3 heterocycles. The highest BCUT2D eigenvalue weighted by Crippen LogP contribution is 2.79. The Morgan fingerprint density at radius 3 is 2.35 bits per heavy atom. The number of imidazole rings is 1. The summed E-state index contributed by atoms with van der Waals surface area (Å²) in [5.41, 5.74) is 5.80. The fourth-order valence-electron chi connectivity index (χ4n) is 18.1. The lowest BCUT2D eigenvalue weighted by atomic mass is 9.31. The van der Waals surface area contributed by atoms with E-state index >= 15 is 0 Å². The van der Waals surface area contributed by atoms with Crippen LogP contribution < -0.4 is 10.6 Å². The molecule has 0 bridgehead atoms. The number of aromatic amines is 1. The van der Waals surface area contributed by atoms with Gasteiger partial charge in [-0.3, -0.25) is 5.32 Å². The number of aryl methyl sites for hydroxylation is 1. The molecule has 6 aromatic rings. The van der Waals surface area contributed by atoms with Gasteiger partial charge in [0.2, 0.25) is 0 Å². The van der Waals surface area contributed by atoms with Crippen LogP contribution in [-0.4, -0.2) is 70.1 Å². The van der Waals surface area contributed by atoms with E-state index in [1.165, 1.54) is 60.7 Å². The summed E-state index contributed by atoms with van der Waals surface area (Å²) in [4.78, 5) is 8.67. The highest BCUT2D eigenvalue weighted by atomic mass is 16.3. The van der Waals surface area contributed by atoms with Crippen LogP contribution >= 0.6 is 0 Å². The normalized spacial score (nSPS) is 35.1. The van der Waals surface area contributed by atoms with Gasteiger partial charge >= 0.3 is 0 Å². The number of benzene rings is 5. The van der Waals surface area contributed by atoms with Gasteiger partial charge in [0.05, 0.1) is 17.8 Å². The lowest BCUT2D eigenvalue weighted by Gasteiger charge is -2.75. The molecule has 13 rings (SSSR count). The second-order valence-corrected chi connectivity index (χ2v) is 23.9. The molecular weight excluding hydrogens is 925 g/mol. The van der Waals surface area contributed by atoms with Crippen molar-refractivity contribution in [3.8, 4) is 28.7 Å². The van der Waals surface area contributed by atoms with Gasteiger partial charge in [-0.05, 0) is 169 Å². The second kappa shape index (κ2) is 18.0. The first-order chi connectivity index (χ1) is 35.9.